The van der Waals surface area contributed by atoms with Gasteiger partial charge in [-0.05, 0) is 18.2 Å². The Bertz CT molecular complexity index is 395. The van der Waals surface area contributed by atoms with Gasteiger partial charge in [0, 0.05) is 5.56 Å². The van der Waals surface area contributed by atoms with Gasteiger partial charge < -0.3 is 4.74 Å². The highest BCUT2D eigenvalue weighted by molar-refractivity contribution is 6.32. The van der Waals surface area contributed by atoms with Crippen LogP contribution in [0, 0.1) is 0 Å². The van der Waals surface area contributed by atoms with Gasteiger partial charge >= 0.3 is 13.0 Å². The van der Waals surface area contributed by atoms with Crippen LogP contribution in [0.2, 0.25) is 5.02 Å². The number of carbonyl (C=O) groups is 1. The number of hydrogen-bond donors (Lipinski definition) is 0. The van der Waals surface area contributed by atoms with Crippen molar-refractivity contribution < 1.29 is 27.1 Å². The molecule has 0 fully saturated rings. The van der Waals surface area contributed by atoms with E-state index in [4.69, 9.17) is 11.6 Å². The van der Waals surface area contributed by atoms with E-state index in [1.807, 2.05) is 0 Å². The Morgan fingerprint density at radius 3 is 2.31 bits per heavy atom. The average molecular weight is 257 g/mol. The predicted molar refractivity (Wildman–Crippen MR) is 48.4 cm³/mol. The Balaban J connectivity index is 2.95. The lowest BCUT2D eigenvalue weighted by molar-refractivity contribution is -0.0497. The number of benzene rings is 1. The van der Waals surface area contributed by atoms with Crippen LogP contribution in [0.25, 0.3) is 0 Å². The summed E-state index contributed by atoms with van der Waals surface area (Å²) in [6, 6.07) is 2.73. The van der Waals surface area contributed by atoms with Crippen molar-refractivity contribution in [2.45, 2.75) is 13.0 Å². The molecule has 0 atom stereocenters. The van der Waals surface area contributed by atoms with Crippen LogP contribution in [0.4, 0.5) is 17.6 Å². The zero-order chi connectivity index (χ0) is 12.3. The maximum absolute atomic E-state index is 12.0. The van der Waals surface area contributed by atoms with Gasteiger partial charge in [0.05, 0.1) is 5.02 Å². The number of alkyl halides is 4. The van der Waals surface area contributed by atoms with Crippen molar-refractivity contribution in [3.8, 4) is 5.75 Å². The number of rotatable bonds is 4. The van der Waals surface area contributed by atoms with E-state index in [9.17, 15) is 22.4 Å². The van der Waals surface area contributed by atoms with Crippen LogP contribution in [0.3, 0.4) is 0 Å². The van der Waals surface area contributed by atoms with Gasteiger partial charge in [0.2, 0.25) is 5.78 Å². The number of carbonyl (C=O) groups excluding carboxylic acids is 1. The molecule has 7 heteroatoms. The number of hydrogen-bond acceptors (Lipinski definition) is 2. The van der Waals surface area contributed by atoms with Crippen LogP contribution in [0.1, 0.15) is 10.4 Å². The largest absolute Gasteiger partial charge is 0.433 e. The van der Waals surface area contributed by atoms with Crippen molar-refractivity contribution in [3.63, 3.8) is 0 Å². The molecule has 0 bridgehead atoms. The molecule has 0 radical (unpaired) electrons. The van der Waals surface area contributed by atoms with E-state index in [2.05, 4.69) is 4.74 Å². The zero-order valence-corrected chi connectivity index (χ0v) is 8.35. The quantitative estimate of drug-likeness (QED) is 0.610. The van der Waals surface area contributed by atoms with Crippen molar-refractivity contribution >= 4 is 17.4 Å². The van der Waals surface area contributed by atoms with Gasteiger partial charge in [-0.3, -0.25) is 4.79 Å². The second-order valence-corrected chi connectivity index (χ2v) is 3.10. The van der Waals surface area contributed by atoms with Gasteiger partial charge in [-0.15, -0.1) is 0 Å². The van der Waals surface area contributed by atoms with E-state index in [0.717, 1.165) is 18.2 Å². The van der Waals surface area contributed by atoms with E-state index in [-0.39, 0.29) is 16.3 Å². The number of halogens is 5. The first kappa shape index (κ1) is 12.8. The Hall–Kier alpha value is -1.30. The standard InChI is InChI=1S/C9H5ClF4O2/c10-5-3-4(7(15)8(11)12)1-2-6(5)16-9(13)14/h1-3,8-9H. The Labute approximate surface area is 92.8 Å². The lowest BCUT2D eigenvalue weighted by atomic mass is 10.1. The first-order chi connectivity index (χ1) is 7.41. The molecule has 0 unspecified atom stereocenters. The lowest BCUT2D eigenvalue weighted by Crippen LogP contribution is -2.10. The molecule has 0 amide bonds. The van der Waals surface area contributed by atoms with Crippen molar-refractivity contribution in [3.05, 3.63) is 28.8 Å². The minimum atomic E-state index is -3.17. The minimum absolute atomic E-state index is 0.327. The van der Waals surface area contributed by atoms with Crippen LogP contribution in [0.15, 0.2) is 18.2 Å². The van der Waals surface area contributed by atoms with Gasteiger partial charge in [0.15, 0.2) is 0 Å². The summed E-state index contributed by atoms with van der Waals surface area (Å²) in [6.07, 6.45) is -3.17. The topological polar surface area (TPSA) is 26.3 Å². The SMILES string of the molecule is O=C(c1ccc(OC(F)F)c(Cl)c1)C(F)F. The first-order valence-corrected chi connectivity index (χ1v) is 4.36. The van der Waals surface area contributed by atoms with Gasteiger partial charge in [0.25, 0.3) is 0 Å². The summed E-state index contributed by atoms with van der Waals surface area (Å²) in [5.74, 6) is -1.80. The molecule has 0 aliphatic heterocycles. The molecule has 1 rings (SSSR count). The number of Topliss-reactive ketones (excluding diaryl/α,β-unsaturated/α-hetero) is 1. The fraction of sp³-hybridized carbons (Fsp3) is 0.222. The van der Waals surface area contributed by atoms with Gasteiger partial charge in [-0.2, -0.15) is 8.78 Å². The molecule has 0 saturated carbocycles. The fourth-order valence-electron chi connectivity index (χ4n) is 0.972. The van der Waals surface area contributed by atoms with E-state index < -0.39 is 18.8 Å². The molecule has 0 heterocycles. The summed E-state index contributed by atoms with van der Waals surface area (Å²) in [6.45, 7) is -3.07. The highest BCUT2D eigenvalue weighted by atomic mass is 35.5. The highest BCUT2D eigenvalue weighted by Crippen LogP contribution is 2.27. The fourth-order valence-corrected chi connectivity index (χ4v) is 1.20. The van der Waals surface area contributed by atoms with E-state index in [1.54, 1.807) is 0 Å². The van der Waals surface area contributed by atoms with Crippen LogP contribution >= 0.6 is 11.6 Å². The third-order valence-corrected chi connectivity index (χ3v) is 1.93. The average Bonchev–Trinajstić information content (AvgIpc) is 2.19. The van der Waals surface area contributed by atoms with Crippen molar-refractivity contribution in [1.29, 1.82) is 0 Å². The lowest BCUT2D eigenvalue weighted by Gasteiger charge is -2.07. The third kappa shape index (κ3) is 3.10. The summed E-state index contributed by atoms with van der Waals surface area (Å²) in [5.41, 5.74) is -0.360. The summed E-state index contributed by atoms with van der Waals surface area (Å²) in [7, 11) is 0. The molecule has 88 valence electrons. The van der Waals surface area contributed by atoms with Crippen LogP contribution in [-0.4, -0.2) is 18.8 Å². The van der Waals surface area contributed by atoms with Crippen molar-refractivity contribution in [2.75, 3.05) is 0 Å². The Morgan fingerprint density at radius 1 is 1.25 bits per heavy atom. The molecule has 0 aliphatic carbocycles. The van der Waals surface area contributed by atoms with Gasteiger partial charge in [-0.1, -0.05) is 11.6 Å². The molecule has 1 aromatic rings. The molecule has 1 aromatic carbocycles. The molecule has 16 heavy (non-hydrogen) atoms. The molecule has 0 aliphatic rings. The smallest absolute Gasteiger partial charge is 0.387 e. The maximum atomic E-state index is 12.0. The predicted octanol–water partition coefficient (Wildman–Crippen LogP) is 3.39. The van der Waals surface area contributed by atoms with E-state index in [0.29, 0.717) is 0 Å². The van der Waals surface area contributed by atoms with Gasteiger partial charge in [0.1, 0.15) is 5.75 Å². The summed E-state index contributed by atoms with van der Waals surface area (Å²) in [5, 5.41) is -0.327. The number of ketones is 1. The first-order valence-electron chi connectivity index (χ1n) is 3.98. The summed E-state index contributed by atoms with van der Waals surface area (Å²) < 4.78 is 51.6. The second kappa shape index (κ2) is 5.16. The minimum Gasteiger partial charge on any atom is -0.433 e. The van der Waals surface area contributed by atoms with Gasteiger partial charge in [-0.25, -0.2) is 8.78 Å². The molecular weight excluding hydrogens is 252 g/mol. The van der Waals surface area contributed by atoms with Crippen LogP contribution in [0.5, 0.6) is 5.75 Å². The summed E-state index contributed by atoms with van der Waals surface area (Å²) >= 11 is 5.47. The molecule has 0 aromatic heterocycles. The van der Waals surface area contributed by atoms with Crippen LogP contribution in [-0.2, 0) is 0 Å². The normalized spacial score (nSPS) is 10.9. The molecule has 0 N–H and O–H groups in total. The summed E-state index contributed by atoms with van der Waals surface area (Å²) in [4.78, 5) is 10.8. The second-order valence-electron chi connectivity index (χ2n) is 2.69. The molecule has 0 saturated heterocycles. The third-order valence-electron chi connectivity index (χ3n) is 1.63. The zero-order valence-electron chi connectivity index (χ0n) is 7.59. The van der Waals surface area contributed by atoms with Crippen molar-refractivity contribution in [2.24, 2.45) is 0 Å². The highest BCUT2D eigenvalue weighted by Gasteiger charge is 2.19. The van der Waals surface area contributed by atoms with Crippen molar-refractivity contribution in [1.82, 2.24) is 0 Å². The molecular formula is C9H5ClF4O2. The molecule has 2 nitrogen and oxygen atoms in total. The molecule has 0 spiro atoms. The number of ether oxygens (including phenoxy) is 1. The monoisotopic (exact) mass is 256 g/mol. The van der Waals surface area contributed by atoms with Crippen LogP contribution < -0.4 is 4.74 Å². The van der Waals surface area contributed by atoms with E-state index >= 15 is 0 Å². The Morgan fingerprint density at radius 2 is 1.88 bits per heavy atom. The maximum Gasteiger partial charge on any atom is 0.387 e. The Kier molecular flexibility index (Phi) is 4.12. The van der Waals surface area contributed by atoms with E-state index in [1.165, 1.54) is 0 Å².